The highest BCUT2D eigenvalue weighted by atomic mass is 35.5. The van der Waals surface area contributed by atoms with Crippen molar-refractivity contribution >= 4 is 11.6 Å². The Balaban J connectivity index is 2.01. The third-order valence-electron chi connectivity index (χ3n) is 3.10. The molecular formula is C15H13ClO. The summed E-state index contributed by atoms with van der Waals surface area (Å²) in [4.78, 5) is 0. The van der Waals surface area contributed by atoms with Crippen LogP contribution in [0, 0.1) is 0 Å². The molecule has 17 heavy (non-hydrogen) atoms. The van der Waals surface area contributed by atoms with Gasteiger partial charge < -0.3 is 4.74 Å². The number of hydrogen-bond donors (Lipinski definition) is 0. The predicted molar refractivity (Wildman–Crippen MR) is 69.5 cm³/mol. The molecule has 0 unspecified atom stereocenters. The van der Waals surface area contributed by atoms with Crippen molar-refractivity contribution in [1.82, 2.24) is 0 Å². The normalized spacial score (nSPS) is 19.9. The molecule has 3 rings (SSSR count). The van der Waals surface area contributed by atoms with Crippen LogP contribution in [-0.4, -0.2) is 12.7 Å². The Morgan fingerprint density at radius 3 is 2.35 bits per heavy atom. The van der Waals surface area contributed by atoms with Crippen molar-refractivity contribution < 1.29 is 4.74 Å². The SMILES string of the molecule is Clc1cccc([C@@H](c2ccccc2)[C@@H]2CO2)c1. The molecule has 2 heteroatoms. The highest BCUT2D eigenvalue weighted by Crippen LogP contribution is 2.36. The number of hydrogen-bond acceptors (Lipinski definition) is 1. The molecule has 1 nitrogen and oxygen atoms in total. The molecule has 1 aliphatic heterocycles. The van der Waals surface area contributed by atoms with Crippen LogP contribution in [0.4, 0.5) is 0 Å². The molecule has 1 fully saturated rings. The summed E-state index contributed by atoms with van der Waals surface area (Å²) in [7, 11) is 0. The van der Waals surface area contributed by atoms with Gasteiger partial charge in [0.25, 0.3) is 0 Å². The summed E-state index contributed by atoms with van der Waals surface area (Å²) in [6.45, 7) is 0.839. The minimum Gasteiger partial charge on any atom is -0.372 e. The second-order valence-corrected chi connectivity index (χ2v) is 4.75. The molecule has 2 aromatic carbocycles. The van der Waals surface area contributed by atoms with E-state index in [1.54, 1.807) is 0 Å². The highest BCUT2D eigenvalue weighted by molar-refractivity contribution is 6.30. The van der Waals surface area contributed by atoms with E-state index in [1.165, 1.54) is 11.1 Å². The molecule has 1 saturated heterocycles. The first-order chi connectivity index (χ1) is 8.34. The summed E-state index contributed by atoms with van der Waals surface area (Å²) < 4.78 is 5.48. The van der Waals surface area contributed by atoms with Gasteiger partial charge in [0.15, 0.2) is 0 Å². The predicted octanol–water partition coefficient (Wildman–Crippen LogP) is 3.87. The van der Waals surface area contributed by atoms with Crippen molar-refractivity contribution in [3.8, 4) is 0 Å². The van der Waals surface area contributed by atoms with Crippen LogP contribution < -0.4 is 0 Å². The second-order valence-electron chi connectivity index (χ2n) is 4.32. The van der Waals surface area contributed by atoms with Crippen molar-refractivity contribution in [1.29, 1.82) is 0 Å². The third-order valence-corrected chi connectivity index (χ3v) is 3.33. The van der Waals surface area contributed by atoms with Gasteiger partial charge in [-0.15, -0.1) is 0 Å². The summed E-state index contributed by atoms with van der Waals surface area (Å²) in [5.41, 5.74) is 2.52. The first-order valence-corrected chi connectivity index (χ1v) is 6.14. The van der Waals surface area contributed by atoms with E-state index >= 15 is 0 Å². The molecule has 0 amide bonds. The summed E-state index contributed by atoms with van der Waals surface area (Å²) in [6.07, 6.45) is 0.302. The van der Waals surface area contributed by atoms with Gasteiger partial charge >= 0.3 is 0 Å². The molecule has 0 saturated carbocycles. The molecule has 0 bridgehead atoms. The van der Waals surface area contributed by atoms with Crippen LogP contribution in [0.3, 0.4) is 0 Å². The topological polar surface area (TPSA) is 12.5 Å². The van der Waals surface area contributed by atoms with Crippen LogP contribution >= 0.6 is 11.6 Å². The largest absolute Gasteiger partial charge is 0.372 e. The number of ether oxygens (including phenoxy) is 1. The standard InChI is InChI=1S/C15H13ClO/c16-13-8-4-7-12(9-13)15(14-10-17-14)11-5-2-1-3-6-11/h1-9,14-15H,10H2/t14-,15+/m0/s1. The molecule has 0 radical (unpaired) electrons. The van der Waals surface area contributed by atoms with Gasteiger partial charge in [0.1, 0.15) is 0 Å². The van der Waals surface area contributed by atoms with Gasteiger partial charge in [-0.3, -0.25) is 0 Å². The lowest BCUT2D eigenvalue weighted by Crippen LogP contribution is -2.08. The highest BCUT2D eigenvalue weighted by Gasteiger charge is 2.34. The molecule has 0 aromatic heterocycles. The molecule has 1 aliphatic rings. The summed E-state index contributed by atoms with van der Waals surface area (Å²) in [6, 6.07) is 18.5. The van der Waals surface area contributed by atoms with Crippen LogP contribution in [0.1, 0.15) is 17.0 Å². The smallest absolute Gasteiger partial charge is 0.0918 e. The molecule has 0 spiro atoms. The van der Waals surface area contributed by atoms with Gasteiger partial charge in [0.2, 0.25) is 0 Å². The lowest BCUT2D eigenvalue weighted by Gasteiger charge is -2.15. The number of halogens is 1. The van der Waals surface area contributed by atoms with E-state index in [9.17, 15) is 0 Å². The first-order valence-electron chi connectivity index (χ1n) is 5.76. The zero-order valence-corrected chi connectivity index (χ0v) is 10.1. The Hall–Kier alpha value is -1.31. The van der Waals surface area contributed by atoms with Crippen LogP contribution in [-0.2, 0) is 4.74 Å². The molecule has 2 aromatic rings. The maximum Gasteiger partial charge on any atom is 0.0918 e. The van der Waals surface area contributed by atoms with E-state index in [4.69, 9.17) is 16.3 Å². The first kappa shape index (κ1) is 10.8. The fourth-order valence-electron chi connectivity index (χ4n) is 2.23. The lowest BCUT2D eigenvalue weighted by molar-refractivity contribution is 0.389. The molecule has 2 atom stereocenters. The van der Waals surface area contributed by atoms with Gasteiger partial charge in [0, 0.05) is 10.9 Å². The van der Waals surface area contributed by atoms with E-state index in [1.807, 2.05) is 24.3 Å². The van der Waals surface area contributed by atoms with Gasteiger partial charge in [-0.1, -0.05) is 54.1 Å². The summed E-state index contributed by atoms with van der Waals surface area (Å²) in [5, 5.41) is 0.782. The third kappa shape index (κ3) is 2.36. The van der Waals surface area contributed by atoms with Gasteiger partial charge in [0.05, 0.1) is 12.7 Å². The van der Waals surface area contributed by atoms with Crippen molar-refractivity contribution in [2.75, 3.05) is 6.61 Å². The van der Waals surface area contributed by atoms with E-state index in [-0.39, 0.29) is 0 Å². The Labute approximate surface area is 106 Å². The lowest BCUT2D eigenvalue weighted by atomic mass is 9.89. The Morgan fingerprint density at radius 2 is 1.71 bits per heavy atom. The monoisotopic (exact) mass is 244 g/mol. The van der Waals surface area contributed by atoms with Crippen molar-refractivity contribution in [2.24, 2.45) is 0 Å². The molecule has 0 aliphatic carbocycles. The maximum absolute atomic E-state index is 6.06. The van der Waals surface area contributed by atoms with Crippen molar-refractivity contribution in [3.05, 3.63) is 70.7 Å². The minimum absolute atomic E-state index is 0.301. The van der Waals surface area contributed by atoms with Gasteiger partial charge in [-0.25, -0.2) is 0 Å². The summed E-state index contributed by atoms with van der Waals surface area (Å²) >= 11 is 6.06. The minimum atomic E-state index is 0.301. The van der Waals surface area contributed by atoms with Crippen LogP contribution in [0.5, 0.6) is 0 Å². The average molecular weight is 245 g/mol. The van der Waals surface area contributed by atoms with Crippen molar-refractivity contribution in [2.45, 2.75) is 12.0 Å². The van der Waals surface area contributed by atoms with E-state index < -0.39 is 0 Å². The zero-order valence-electron chi connectivity index (χ0n) is 9.34. The van der Waals surface area contributed by atoms with E-state index in [0.29, 0.717) is 12.0 Å². The van der Waals surface area contributed by atoms with Crippen LogP contribution in [0.25, 0.3) is 0 Å². The molecule has 86 valence electrons. The number of rotatable bonds is 3. The van der Waals surface area contributed by atoms with Crippen LogP contribution in [0.2, 0.25) is 5.02 Å². The Morgan fingerprint density at radius 1 is 1.00 bits per heavy atom. The maximum atomic E-state index is 6.06. The quantitative estimate of drug-likeness (QED) is 0.747. The molecule has 1 heterocycles. The fraction of sp³-hybridized carbons (Fsp3) is 0.200. The molecular weight excluding hydrogens is 232 g/mol. The Bertz CT molecular complexity index is 505. The second kappa shape index (κ2) is 4.52. The number of epoxide rings is 1. The van der Waals surface area contributed by atoms with Crippen molar-refractivity contribution in [3.63, 3.8) is 0 Å². The van der Waals surface area contributed by atoms with Crippen LogP contribution in [0.15, 0.2) is 54.6 Å². The molecule has 0 N–H and O–H groups in total. The Kier molecular flexibility index (Phi) is 2.87. The van der Waals surface area contributed by atoms with E-state index in [2.05, 4.69) is 30.3 Å². The van der Waals surface area contributed by atoms with Gasteiger partial charge in [-0.05, 0) is 23.3 Å². The average Bonchev–Trinajstić information content (AvgIpc) is 3.15. The summed E-state index contributed by atoms with van der Waals surface area (Å²) in [5.74, 6) is 0.301. The number of benzene rings is 2. The fourth-order valence-corrected chi connectivity index (χ4v) is 2.43. The zero-order chi connectivity index (χ0) is 11.7. The van der Waals surface area contributed by atoms with Gasteiger partial charge in [-0.2, -0.15) is 0 Å². The van der Waals surface area contributed by atoms with E-state index in [0.717, 1.165) is 11.6 Å².